The zero-order chi connectivity index (χ0) is 13.9. The zero-order valence-corrected chi connectivity index (χ0v) is 12.8. The van der Waals surface area contributed by atoms with E-state index in [0.717, 1.165) is 27.6 Å². The summed E-state index contributed by atoms with van der Waals surface area (Å²) in [5, 5.41) is 4.65. The highest BCUT2D eigenvalue weighted by molar-refractivity contribution is 9.10. The fourth-order valence-electron chi connectivity index (χ4n) is 2.24. The van der Waals surface area contributed by atoms with Crippen LogP contribution in [-0.2, 0) is 6.54 Å². The Morgan fingerprint density at radius 2 is 2.00 bits per heavy atom. The van der Waals surface area contributed by atoms with Gasteiger partial charge in [0.05, 0.1) is 5.52 Å². The summed E-state index contributed by atoms with van der Waals surface area (Å²) in [6.07, 6.45) is 1.82. The van der Waals surface area contributed by atoms with Gasteiger partial charge in [0.15, 0.2) is 0 Å². The van der Waals surface area contributed by atoms with Gasteiger partial charge in [0.1, 0.15) is 0 Å². The summed E-state index contributed by atoms with van der Waals surface area (Å²) in [5.41, 5.74) is 4.63. The van der Waals surface area contributed by atoms with Crippen LogP contribution in [0.2, 0.25) is 0 Å². The smallest absolute Gasteiger partial charge is 0.0722 e. The first-order valence-electron chi connectivity index (χ1n) is 6.57. The van der Waals surface area contributed by atoms with Crippen LogP contribution in [0.4, 0.5) is 5.69 Å². The van der Waals surface area contributed by atoms with Gasteiger partial charge in [0.2, 0.25) is 0 Å². The second-order valence-corrected chi connectivity index (χ2v) is 5.68. The van der Waals surface area contributed by atoms with Crippen LogP contribution in [0.25, 0.3) is 10.9 Å². The fraction of sp³-hybridized carbons (Fsp3) is 0.118. The molecule has 0 aliphatic rings. The first-order valence-corrected chi connectivity index (χ1v) is 7.36. The van der Waals surface area contributed by atoms with E-state index in [4.69, 9.17) is 0 Å². The Morgan fingerprint density at radius 3 is 2.85 bits per heavy atom. The summed E-state index contributed by atoms with van der Waals surface area (Å²) in [4.78, 5) is 4.38. The van der Waals surface area contributed by atoms with Crippen molar-refractivity contribution in [2.45, 2.75) is 13.5 Å². The Kier molecular flexibility index (Phi) is 3.70. The number of rotatable bonds is 3. The maximum absolute atomic E-state index is 4.38. The molecule has 0 spiro atoms. The summed E-state index contributed by atoms with van der Waals surface area (Å²) in [7, 11) is 0. The number of aromatic nitrogens is 1. The molecule has 0 saturated carbocycles. The molecule has 3 aromatic rings. The van der Waals surface area contributed by atoms with Crippen molar-refractivity contribution in [2.24, 2.45) is 0 Å². The van der Waals surface area contributed by atoms with Gasteiger partial charge in [-0.3, -0.25) is 4.98 Å². The number of fused-ring (bicyclic) bond motifs is 1. The molecule has 1 N–H and O–H groups in total. The van der Waals surface area contributed by atoms with Crippen molar-refractivity contribution in [1.82, 2.24) is 4.98 Å². The minimum absolute atomic E-state index is 0.787. The van der Waals surface area contributed by atoms with E-state index in [1.54, 1.807) is 0 Å². The number of halogens is 1. The molecule has 2 aromatic carbocycles. The minimum Gasteiger partial charge on any atom is -0.380 e. The van der Waals surface area contributed by atoms with Gasteiger partial charge in [-0.25, -0.2) is 0 Å². The van der Waals surface area contributed by atoms with E-state index < -0.39 is 0 Å². The van der Waals surface area contributed by atoms with Crippen LogP contribution in [0.1, 0.15) is 11.1 Å². The predicted molar refractivity (Wildman–Crippen MR) is 87.9 cm³/mol. The summed E-state index contributed by atoms with van der Waals surface area (Å²) in [6, 6.07) is 16.6. The molecule has 0 radical (unpaired) electrons. The Hall–Kier alpha value is -1.87. The highest BCUT2D eigenvalue weighted by atomic mass is 79.9. The van der Waals surface area contributed by atoms with Crippen molar-refractivity contribution >= 4 is 32.5 Å². The molecule has 3 rings (SSSR count). The average Bonchev–Trinajstić information content (AvgIpc) is 2.46. The largest absolute Gasteiger partial charge is 0.380 e. The van der Waals surface area contributed by atoms with Gasteiger partial charge < -0.3 is 5.32 Å². The maximum atomic E-state index is 4.38. The van der Waals surface area contributed by atoms with Crippen molar-refractivity contribution < 1.29 is 0 Å². The maximum Gasteiger partial charge on any atom is 0.0722 e. The second kappa shape index (κ2) is 5.63. The van der Waals surface area contributed by atoms with Crippen LogP contribution in [0.3, 0.4) is 0 Å². The van der Waals surface area contributed by atoms with Gasteiger partial charge >= 0.3 is 0 Å². The van der Waals surface area contributed by atoms with Crippen molar-refractivity contribution in [1.29, 1.82) is 0 Å². The lowest BCUT2D eigenvalue weighted by molar-refractivity contribution is 1.13. The third kappa shape index (κ3) is 2.68. The number of nitrogens with one attached hydrogen (secondary N) is 1. The number of hydrogen-bond donors (Lipinski definition) is 1. The first kappa shape index (κ1) is 13.1. The van der Waals surface area contributed by atoms with Crippen LogP contribution in [-0.4, -0.2) is 4.98 Å². The Labute approximate surface area is 127 Å². The Balaban J connectivity index is 1.87. The average molecular weight is 327 g/mol. The molecular weight excluding hydrogens is 312 g/mol. The molecule has 0 saturated heterocycles. The molecule has 1 aromatic heterocycles. The third-order valence-electron chi connectivity index (χ3n) is 3.32. The monoisotopic (exact) mass is 326 g/mol. The number of benzene rings is 2. The SMILES string of the molecule is Cc1ccc(CNc2cccc3ncccc23)c(Br)c1. The van der Waals surface area contributed by atoms with Crippen LogP contribution < -0.4 is 5.32 Å². The number of nitrogens with zero attached hydrogens (tertiary/aromatic N) is 1. The van der Waals surface area contributed by atoms with Crippen molar-refractivity contribution in [3.05, 3.63) is 70.3 Å². The molecule has 0 unspecified atom stereocenters. The van der Waals surface area contributed by atoms with Gasteiger partial charge in [0.25, 0.3) is 0 Å². The van der Waals surface area contributed by atoms with Gasteiger partial charge in [0, 0.05) is 28.3 Å². The summed E-state index contributed by atoms with van der Waals surface area (Å²) < 4.78 is 1.14. The van der Waals surface area contributed by atoms with E-state index in [1.807, 2.05) is 24.4 Å². The summed E-state index contributed by atoms with van der Waals surface area (Å²) in [5.74, 6) is 0. The van der Waals surface area contributed by atoms with Crippen molar-refractivity contribution in [3.8, 4) is 0 Å². The van der Waals surface area contributed by atoms with Gasteiger partial charge in [-0.2, -0.15) is 0 Å². The second-order valence-electron chi connectivity index (χ2n) is 4.82. The van der Waals surface area contributed by atoms with Gasteiger partial charge in [-0.15, -0.1) is 0 Å². The van der Waals surface area contributed by atoms with Crippen LogP contribution in [0.15, 0.2) is 59.2 Å². The molecule has 0 atom stereocenters. The lowest BCUT2D eigenvalue weighted by atomic mass is 10.1. The fourth-order valence-corrected chi connectivity index (χ4v) is 2.88. The molecule has 20 heavy (non-hydrogen) atoms. The standard InChI is InChI=1S/C17H15BrN2/c1-12-7-8-13(15(18)10-12)11-20-17-6-2-5-16-14(17)4-3-9-19-16/h2-10,20H,11H2,1H3. The van der Waals surface area contributed by atoms with Crippen molar-refractivity contribution in [3.63, 3.8) is 0 Å². The lowest BCUT2D eigenvalue weighted by Crippen LogP contribution is -2.01. The number of hydrogen-bond acceptors (Lipinski definition) is 2. The molecule has 0 aliphatic heterocycles. The van der Waals surface area contributed by atoms with E-state index in [9.17, 15) is 0 Å². The Bertz CT molecular complexity index is 748. The summed E-state index contributed by atoms with van der Waals surface area (Å²) in [6.45, 7) is 2.88. The topological polar surface area (TPSA) is 24.9 Å². The van der Waals surface area contributed by atoms with E-state index in [2.05, 4.69) is 63.5 Å². The molecule has 1 heterocycles. The van der Waals surface area contributed by atoms with Gasteiger partial charge in [-0.1, -0.05) is 34.1 Å². The molecular formula is C17H15BrN2. The van der Waals surface area contributed by atoms with Crippen LogP contribution >= 0.6 is 15.9 Å². The minimum atomic E-state index is 0.787. The third-order valence-corrected chi connectivity index (χ3v) is 4.06. The number of pyridine rings is 1. The van der Waals surface area contributed by atoms with Crippen molar-refractivity contribution in [2.75, 3.05) is 5.32 Å². The highest BCUT2D eigenvalue weighted by Gasteiger charge is 2.03. The Morgan fingerprint density at radius 1 is 1.10 bits per heavy atom. The molecule has 0 fully saturated rings. The first-order chi connectivity index (χ1) is 9.74. The van der Waals surface area contributed by atoms with Gasteiger partial charge in [-0.05, 0) is 48.4 Å². The normalized spacial score (nSPS) is 10.7. The van der Waals surface area contributed by atoms with E-state index in [1.165, 1.54) is 11.1 Å². The lowest BCUT2D eigenvalue weighted by Gasteiger charge is -2.11. The van der Waals surface area contributed by atoms with E-state index in [-0.39, 0.29) is 0 Å². The predicted octanol–water partition coefficient (Wildman–Crippen LogP) is 4.92. The highest BCUT2D eigenvalue weighted by Crippen LogP contribution is 2.24. The molecule has 0 amide bonds. The van der Waals surface area contributed by atoms with Crippen LogP contribution in [0, 0.1) is 6.92 Å². The molecule has 2 nitrogen and oxygen atoms in total. The molecule has 0 aliphatic carbocycles. The number of anilines is 1. The summed E-state index contributed by atoms with van der Waals surface area (Å²) >= 11 is 3.62. The molecule has 3 heteroatoms. The zero-order valence-electron chi connectivity index (χ0n) is 11.2. The quantitative estimate of drug-likeness (QED) is 0.739. The van der Waals surface area contributed by atoms with E-state index >= 15 is 0 Å². The van der Waals surface area contributed by atoms with E-state index in [0.29, 0.717) is 0 Å². The van der Waals surface area contributed by atoms with Crippen LogP contribution in [0.5, 0.6) is 0 Å². The number of aryl methyl sites for hydroxylation is 1. The molecule has 0 bridgehead atoms. The molecule has 100 valence electrons.